The largest absolute Gasteiger partial charge is 0.491 e. The van der Waals surface area contributed by atoms with E-state index in [1.807, 2.05) is 6.07 Å². The van der Waals surface area contributed by atoms with Crippen LogP contribution in [0.3, 0.4) is 0 Å². The van der Waals surface area contributed by atoms with Gasteiger partial charge in [0, 0.05) is 0 Å². The molecular formula is C22H32FNO. The molecule has 0 heterocycles. The molecule has 0 aliphatic heterocycles. The molecule has 0 aromatic heterocycles. The van der Waals surface area contributed by atoms with Crippen LogP contribution in [-0.4, -0.2) is 6.61 Å². The molecule has 0 saturated heterocycles. The van der Waals surface area contributed by atoms with Crippen molar-refractivity contribution in [3.8, 4) is 11.8 Å². The Balaban J connectivity index is 1.57. The van der Waals surface area contributed by atoms with Gasteiger partial charge in [-0.3, -0.25) is 0 Å². The molecule has 25 heavy (non-hydrogen) atoms. The Labute approximate surface area is 152 Å². The zero-order valence-corrected chi connectivity index (χ0v) is 15.6. The number of unbranched alkanes of at least 4 members (excludes halogenated alkanes) is 3. The third kappa shape index (κ3) is 7.06. The van der Waals surface area contributed by atoms with Crippen LogP contribution in [-0.2, 0) is 0 Å². The second-order valence-electron chi connectivity index (χ2n) is 7.48. The van der Waals surface area contributed by atoms with E-state index in [2.05, 4.69) is 6.92 Å². The molecule has 0 bridgehead atoms. The van der Waals surface area contributed by atoms with Crippen LogP contribution in [0, 0.1) is 29.0 Å². The molecule has 2 rings (SSSR count). The molecule has 2 nitrogen and oxygen atoms in total. The topological polar surface area (TPSA) is 33.0 Å². The van der Waals surface area contributed by atoms with Crippen molar-refractivity contribution in [3.63, 3.8) is 0 Å². The molecule has 1 aromatic carbocycles. The lowest BCUT2D eigenvalue weighted by molar-refractivity contribution is 0.225. The summed E-state index contributed by atoms with van der Waals surface area (Å²) in [6, 6.07) is 6.32. The van der Waals surface area contributed by atoms with Gasteiger partial charge in [0.15, 0.2) is 11.6 Å². The molecule has 3 heteroatoms. The number of nitriles is 1. The van der Waals surface area contributed by atoms with Crippen LogP contribution >= 0.6 is 0 Å². The highest BCUT2D eigenvalue weighted by Gasteiger charge is 2.20. The van der Waals surface area contributed by atoms with Crippen LogP contribution in [0.5, 0.6) is 5.75 Å². The van der Waals surface area contributed by atoms with Gasteiger partial charge in [0.2, 0.25) is 0 Å². The van der Waals surface area contributed by atoms with E-state index in [0.29, 0.717) is 12.2 Å². The minimum absolute atomic E-state index is 0.259. The van der Waals surface area contributed by atoms with Gasteiger partial charge >= 0.3 is 0 Å². The van der Waals surface area contributed by atoms with Crippen molar-refractivity contribution in [2.45, 2.75) is 77.6 Å². The van der Waals surface area contributed by atoms with Crippen molar-refractivity contribution in [2.75, 3.05) is 6.61 Å². The van der Waals surface area contributed by atoms with Crippen LogP contribution in [0.25, 0.3) is 0 Å². The summed E-state index contributed by atoms with van der Waals surface area (Å²) in [6.07, 6.45) is 14.6. The third-order valence-corrected chi connectivity index (χ3v) is 5.51. The fourth-order valence-corrected chi connectivity index (χ4v) is 3.91. The fraction of sp³-hybridized carbons (Fsp3) is 0.682. The van der Waals surface area contributed by atoms with Gasteiger partial charge in [-0.2, -0.15) is 5.26 Å². The molecule has 1 aliphatic carbocycles. The van der Waals surface area contributed by atoms with E-state index in [0.717, 1.165) is 18.3 Å². The molecular weight excluding hydrogens is 313 g/mol. The lowest BCUT2D eigenvalue weighted by Crippen LogP contribution is -2.15. The maximum absolute atomic E-state index is 13.7. The van der Waals surface area contributed by atoms with Crippen molar-refractivity contribution < 1.29 is 9.13 Å². The van der Waals surface area contributed by atoms with E-state index in [1.165, 1.54) is 70.3 Å². The van der Waals surface area contributed by atoms with Crippen molar-refractivity contribution >= 4 is 0 Å². The molecule has 1 saturated carbocycles. The van der Waals surface area contributed by atoms with Gasteiger partial charge in [0.25, 0.3) is 0 Å². The predicted molar refractivity (Wildman–Crippen MR) is 100 cm³/mol. The Kier molecular flexibility index (Phi) is 8.80. The van der Waals surface area contributed by atoms with E-state index in [-0.39, 0.29) is 5.75 Å². The number of rotatable bonds is 10. The first-order valence-corrected chi connectivity index (χ1v) is 10.1. The molecule has 138 valence electrons. The maximum atomic E-state index is 13.7. The summed E-state index contributed by atoms with van der Waals surface area (Å²) in [5.41, 5.74) is 0.330. The summed E-state index contributed by atoms with van der Waals surface area (Å²) in [7, 11) is 0. The van der Waals surface area contributed by atoms with Gasteiger partial charge in [0.05, 0.1) is 18.2 Å². The van der Waals surface area contributed by atoms with Crippen LogP contribution in [0.2, 0.25) is 0 Å². The Morgan fingerprint density at radius 1 is 1.04 bits per heavy atom. The average molecular weight is 346 g/mol. The summed E-state index contributed by atoms with van der Waals surface area (Å²) >= 11 is 0. The van der Waals surface area contributed by atoms with E-state index < -0.39 is 5.82 Å². The van der Waals surface area contributed by atoms with Crippen LogP contribution < -0.4 is 4.74 Å². The van der Waals surface area contributed by atoms with E-state index >= 15 is 0 Å². The number of nitrogens with zero attached hydrogens (tertiary/aromatic N) is 1. The Morgan fingerprint density at radius 2 is 1.72 bits per heavy atom. The number of benzene rings is 1. The van der Waals surface area contributed by atoms with E-state index in [1.54, 1.807) is 12.1 Å². The zero-order valence-electron chi connectivity index (χ0n) is 15.6. The fourth-order valence-electron chi connectivity index (χ4n) is 3.91. The van der Waals surface area contributed by atoms with E-state index in [9.17, 15) is 4.39 Å². The third-order valence-electron chi connectivity index (χ3n) is 5.51. The van der Waals surface area contributed by atoms with Crippen molar-refractivity contribution in [1.29, 1.82) is 5.26 Å². The SMILES string of the molecule is CCCCCC[C@H]1CC[C@H](CCCOc2ccc(C#N)cc2F)CC1. The summed E-state index contributed by atoms with van der Waals surface area (Å²) in [6.45, 7) is 2.82. The van der Waals surface area contributed by atoms with Gasteiger partial charge in [-0.25, -0.2) is 4.39 Å². The Bertz CT molecular complexity index is 543. The summed E-state index contributed by atoms with van der Waals surface area (Å²) in [5, 5.41) is 8.74. The molecule has 0 spiro atoms. The molecule has 1 fully saturated rings. The minimum Gasteiger partial charge on any atom is -0.491 e. The van der Waals surface area contributed by atoms with Crippen molar-refractivity contribution in [2.24, 2.45) is 11.8 Å². The molecule has 0 amide bonds. The van der Waals surface area contributed by atoms with Gasteiger partial charge in [-0.15, -0.1) is 0 Å². The molecule has 0 N–H and O–H groups in total. The summed E-state index contributed by atoms with van der Waals surface area (Å²) < 4.78 is 19.3. The zero-order chi connectivity index (χ0) is 17.9. The second kappa shape index (κ2) is 11.1. The quantitative estimate of drug-likeness (QED) is 0.446. The number of hydrogen-bond acceptors (Lipinski definition) is 2. The highest BCUT2D eigenvalue weighted by atomic mass is 19.1. The van der Waals surface area contributed by atoms with Crippen LogP contribution in [0.1, 0.15) is 83.1 Å². The average Bonchev–Trinajstić information content (AvgIpc) is 2.64. The van der Waals surface area contributed by atoms with Gasteiger partial charge < -0.3 is 4.74 Å². The summed E-state index contributed by atoms with van der Waals surface area (Å²) in [5.74, 6) is 1.59. The van der Waals surface area contributed by atoms with Crippen molar-refractivity contribution in [1.82, 2.24) is 0 Å². The number of halogens is 1. The number of ether oxygens (including phenoxy) is 1. The molecule has 0 radical (unpaired) electrons. The van der Waals surface area contributed by atoms with Crippen LogP contribution in [0.4, 0.5) is 4.39 Å². The first-order chi connectivity index (χ1) is 12.2. The van der Waals surface area contributed by atoms with Gasteiger partial charge in [-0.05, 0) is 42.9 Å². The normalized spacial score (nSPS) is 20.2. The van der Waals surface area contributed by atoms with Gasteiger partial charge in [-0.1, -0.05) is 64.7 Å². The Hall–Kier alpha value is -1.56. The standard InChI is InChI=1S/C22H32FNO/c1-2-3-4-5-7-18-9-11-19(12-10-18)8-6-15-25-22-14-13-20(17-24)16-21(22)23/h13-14,16,18-19H,2-12,15H2,1H3/t18-,19-. The molecule has 1 aliphatic rings. The van der Waals surface area contributed by atoms with Gasteiger partial charge in [0.1, 0.15) is 0 Å². The van der Waals surface area contributed by atoms with Crippen LogP contribution in [0.15, 0.2) is 18.2 Å². The van der Waals surface area contributed by atoms with Crippen molar-refractivity contribution in [3.05, 3.63) is 29.6 Å². The Morgan fingerprint density at radius 3 is 2.32 bits per heavy atom. The molecule has 0 atom stereocenters. The first-order valence-electron chi connectivity index (χ1n) is 10.1. The molecule has 0 unspecified atom stereocenters. The smallest absolute Gasteiger partial charge is 0.166 e. The van der Waals surface area contributed by atoms with E-state index in [4.69, 9.17) is 10.00 Å². The lowest BCUT2D eigenvalue weighted by atomic mass is 9.78. The number of hydrogen-bond donors (Lipinski definition) is 0. The minimum atomic E-state index is -0.442. The monoisotopic (exact) mass is 345 g/mol. The second-order valence-corrected chi connectivity index (χ2v) is 7.48. The maximum Gasteiger partial charge on any atom is 0.166 e. The first kappa shape index (κ1) is 19.8. The molecule has 1 aromatic rings. The predicted octanol–water partition coefficient (Wildman–Crippen LogP) is 6.63. The highest BCUT2D eigenvalue weighted by molar-refractivity contribution is 5.35. The summed E-state index contributed by atoms with van der Waals surface area (Å²) in [4.78, 5) is 0. The lowest BCUT2D eigenvalue weighted by Gasteiger charge is -2.28. The highest BCUT2D eigenvalue weighted by Crippen LogP contribution is 2.34.